The first-order chi connectivity index (χ1) is 9.38. The summed E-state index contributed by atoms with van der Waals surface area (Å²) in [6, 6.07) is 0.189. The van der Waals surface area contributed by atoms with E-state index in [1.165, 1.54) is 5.56 Å². The van der Waals surface area contributed by atoms with Gasteiger partial charge >= 0.3 is 0 Å². The van der Waals surface area contributed by atoms with Crippen molar-refractivity contribution in [2.24, 2.45) is 0 Å². The van der Waals surface area contributed by atoms with E-state index in [4.69, 9.17) is 4.74 Å². The topological polar surface area (TPSA) is 58.5 Å². The number of hydrogen-bond acceptors (Lipinski definition) is 5. The lowest BCUT2D eigenvalue weighted by Crippen LogP contribution is -2.33. The minimum atomic E-state index is 0.186. The number of anilines is 1. The first-order valence-electron chi connectivity index (χ1n) is 7.15. The van der Waals surface area contributed by atoms with Crippen molar-refractivity contribution in [3.63, 3.8) is 0 Å². The van der Waals surface area contributed by atoms with Crippen LogP contribution in [-0.2, 0) is 4.74 Å². The molecule has 1 N–H and O–H groups in total. The molecule has 1 aromatic rings. The van der Waals surface area contributed by atoms with Gasteiger partial charge in [0.1, 0.15) is 0 Å². The second kappa shape index (κ2) is 5.84. The van der Waals surface area contributed by atoms with Crippen LogP contribution in [0.3, 0.4) is 0 Å². The van der Waals surface area contributed by atoms with Crippen LogP contribution in [0.15, 0.2) is 12.4 Å². The Balaban J connectivity index is 1.71. The van der Waals surface area contributed by atoms with Gasteiger partial charge in [-0.3, -0.25) is 0 Å². The average molecular weight is 263 g/mol. The number of aromatic nitrogens is 2. The highest BCUT2D eigenvalue weighted by Crippen LogP contribution is 2.27. The number of hydrogen-bond donors (Lipinski definition) is 1. The third kappa shape index (κ3) is 2.72. The fraction of sp³-hybridized carbons (Fsp3) is 0.714. The lowest BCUT2D eigenvalue weighted by molar-refractivity contribution is 0.0852. The normalized spacial score (nSPS) is 24.9. The zero-order valence-corrected chi connectivity index (χ0v) is 11.2. The van der Waals surface area contributed by atoms with Gasteiger partial charge in [-0.2, -0.15) is 0 Å². The van der Waals surface area contributed by atoms with Crippen molar-refractivity contribution >= 4 is 5.95 Å². The highest BCUT2D eigenvalue weighted by molar-refractivity contribution is 5.34. The van der Waals surface area contributed by atoms with E-state index in [1.807, 2.05) is 12.4 Å². The van der Waals surface area contributed by atoms with Gasteiger partial charge in [-0.15, -0.1) is 0 Å². The van der Waals surface area contributed by atoms with Crippen molar-refractivity contribution in [2.45, 2.75) is 37.6 Å². The van der Waals surface area contributed by atoms with Crippen molar-refractivity contribution in [3.05, 3.63) is 18.0 Å². The molecule has 2 fully saturated rings. The Morgan fingerprint density at radius 3 is 2.63 bits per heavy atom. The molecule has 0 bridgehead atoms. The van der Waals surface area contributed by atoms with Crippen molar-refractivity contribution in [1.82, 2.24) is 9.97 Å². The second-order valence-electron chi connectivity index (χ2n) is 5.38. The van der Waals surface area contributed by atoms with Crippen LogP contribution in [0.1, 0.15) is 37.2 Å². The van der Waals surface area contributed by atoms with E-state index in [-0.39, 0.29) is 12.6 Å². The Morgan fingerprint density at radius 2 is 1.95 bits per heavy atom. The van der Waals surface area contributed by atoms with Gasteiger partial charge in [-0.05, 0) is 37.2 Å². The molecular formula is C14H21N3O2. The molecule has 2 aliphatic rings. The van der Waals surface area contributed by atoms with E-state index in [2.05, 4.69) is 14.9 Å². The summed E-state index contributed by atoms with van der Waals surface area (Å²) < 4.78 is 5.38. The smallest absolute Gasteiger partial charge is 0.225 e. The molecule has 3 heterocycles. The van der Waals surface area contributed by atoms with E-state index >= 15 is 0 Å². The van der Waals surface area contributed by atoms with Gasteiger partial charge in [-0.1, -0.05) is 0 Å². The maximum atomic E-state index is 9.35. The molecule has 1 unspecified atom stereocenters. The zero-order chi connectivity index (χ0) is 13.1. The maximum absolute atomic E-state index is 9.35. The molecule has 0 radical (unpaired) electrons. The minimum absolute atomic E-state index is 0.186. The second-order valence-corrected chi connectivity index (χ2v) is 5.38. The van der Waals surface area contributed by atoms with Gasteiger partial charge in [0.05, 0.1) is 12.6 Å². The van der Waals surface area contributed by atoms with Crippen molar-refractivity contribution in [3.8, 4) is 0 Å². The van der Waals surface area contributed by atoms with Gasteiger partial charge in [0.25, 0.3) is 0 Å². The minimum Gasteiger partial charge on any atom is -0.394 e. The quantitative estimate of drug-likeness (QED) is 0.891. The molecule has 0 spiro atoms. The molecule has 0 saturated carbocycles. The molecule has 3 rings (SSSR count). The predicted molar refractivity (Wildman–Crippen MR) is 72.3 cm³/mol. The standard InChI is InChI=1S/C14H21N3O2/c18-10-13-2-1-5-17(13)14-15-8-12(9-16-14)11-3-6-19-7-4-11/h8-9,11,13,18H,1-7,10H2. The fourth-order valence-corrected chi connectivity index (χ4v) is 3.01. The molecule has 5 nitrogen and oxygen atoms in total. The third-order valence-corrected chi connectivity index (χ3v) is 4.20. The largest absolute Gasteiger partial charge is 0.394 e. The number of aliphatic hydroxyl groups excluding tert-OH is 1. The summed E-state index contributed by atoms with van der Waals surface area (Å²) in [5.74, 6) is 1.29. The Kier molecular flexibility index (Phi) is 3.94. The summed E-state index contributed by atoms with van der Waals surface area (Å²) >= 11 is 0. The summed E-state index contributed by atoms with van der Waals surface area (Å²) in [6.07, 6.45) is 8.16. The van der Waals surface area contributed by atoms with Crippen molar-refractivity contribution < 1.29 is 9.84 Å². The summed E-state index contributed by atoms with van der Waals surface area (Å²) in [5, 5.41) is 9.35. The van der Waals surface area contributed by atoms with Gasteiger partial charge in [0, 0.05) is 32.2 Å². The van der Waals surface area contributed by atoms with Gasteiger partial charge in [-0.25, -0.2) is 9.97 Å². The van der Waals surface area contributed by atoms with Crippen LogP contribution in [0, 0.1) is 0 Å². The lowest BCUT2D eigenvalue weighted by atomic mass is 9.94. The molecule has 2 saturated heterocycles. The van der Waals surface area contributed by atoms with Gasteiger partial charge in [0.15, 0.2) is 0 Å². The van der Waals surface area contributed by atoms with Crippen LogP contribution in [0.25, 0.3) is 0 Å². The van der Waals surface area contributed by atoms with E-state index in [9.17, 15) is 5.11 Å². The summed E-state index contributed by atoms with van der Waals surface area (Å²) in [6.45, 7) is 2.81. The monoisotopic (exact) mass is 263 g/mol. The van der Waals surface area contributed by atoms with Crippen LogP contribution in [0.2, 0.25) is 0 Å². The molecule has 0 aromatic carbocycles. The molecule has 104 valence electrons. The van der Waals surface area contributed by atoms with E-state index in [0.717, 1.165) is 51.4 Å². The third-order valence-electron chi connectivity index (χ3n) is 4.20. The maximum Gasteiger partial charge on any atom is 0.225 e. The predicted octanol–water partition coefficient (Wildman–Crippen LogP) is 1.33. The summed E-state index contributed by atoms with van der Waals surface area (Å²) in [5.41, 5.74) is 1.21. The van der Waals surface area contributed by atoms with Crippen molar-refractivity contribution in [2.75, 3.05) is 31.3 Å². The van der Waals surface area contributed by atoms with E-state index in [0.29, 0.717) is 5.92 Å². The molecule has 2 aliphatic heterocycles. The number of nitrogens with zero attached hydrogens (tertiary/aromatic N) is 3. The van der Waals surface area contributed by atoms with Crippen molar-refractivity contribution in [1.29, 1.82) is 0 Å². The fourth-order valence-electron chi connectivity index (χ4n) is 3.01. The molecule has 0 aliphatic carbocycles. The molecule has 1 aromatic heterocycles. The van der Waals surface area contributed by atoms with Gasteiger partial charge in [0.2, 0.25) is 5.95 Å². The number of rotatable bonds is 3. The molecule has 1 atom stereocenters. The van der Waals surface area contributed by atoms with Crippen LogP contribution in [-0.4, -0.2) is 47.5 Å². The average Bonchev–Trinajstić information content (AvgIpc) is 2.97. The summed E-state index contributed by atoms with van der Waals surface area (Å²) in [4.78, 5) is 11.1. The van der Waals surface area contributed by atoms with Gasteiger partial charge < -0.3 is 14.7 Å². The number of ether oxygens (including phenoxy) is 1. The van der Waals surface area contributed by atoms with Crippen LogP contribution in [0.4, 0.5) is 5.95 Å². The molecule has 19 heavy (non-hydrogen) atoms. The molecule has 5 heteroatoms. The first-order valence-corrected chi connectivity index (χ1v) is 7.15. The lowest BCUT2D eigenvalue weighted by Gasteiger charge is -2.24. The highest BCUT2D eigenvalue weighted by Gasteiger charge is 2.26. The SMILES string of the molecule is OCC1CCCN1c1ncc(C2CCOCC2)cn1. The Labute approximate surface area is 113 Å². The number of aliphatic hydroxyl groups is 1. The first kappa shape index (κ1) is 12.8. The van der Waals surface area contributed by atoms with Crippen LogP contribution in [0.5, 0.6) is 0 Å². The summed E-state index contributed by atoms with van der Waals surface area (Å²) in [7, 11) is 0. The van der Waals surface area contributed by atoms with E-state index in [1.54, 1.807) is 0 Å². The highest BCUT2D eigenvalue weighted by atomic mass is 16.5. The van der Waals surface area contributed by atoms with E-state index < -0.39 is 0 Å². The van der Waals surface area contributed by atoms with Crippen LogP contribution >= 0.6 is 0 Å². The molecule has 0 amide bonds. The Hall–Kier alpha value is -1.20. The molecular weight excluding hydrogens is 242 g/mol. The van der Waals surface area contributed by atoms with Crippen LogP contribution < -0.4 is 4.90 Å². The zero-order valence-electron chi connectivity index (χ0n) is 11.2. The Bertz CT molecular complexity index is 404. The Morgan fingerprint density at radius 1 is 1.21 bits per heavy atom.